The van der Waals surface area contributed by atoms with E-state index in [0.29, 0.717) is 24.6 Å². The van der Waals surface area contributed by atoms with Crippen molar-refractivity contribution in [2.45, 2.75) is 13.3 Å². The number of H-pyrrole nitrogens is 1. The molecular weight excluding hydrogens is 268 g/mol. The van der Waals surface area contributed by atoms with E-state index >= 15 is 0 Å². The minimum absolute atomic E-state index is 0.150. The van der Waals surface area contributed by atoms with Gasteiger partial charge in [-0.1, -0.05) is 12.1 Å². The van der Waals surface area contributed by atoms with Crippen molar-refractivity contribution >= 4 is 11.6 Å². The molecule has 0 atom stereocenters. The number of nitrogens with one attached hydrogen (secondary N) is 1. The Kier molecular flexibility index (Phi) is 3.48. The van der Waals surface area contributed by atoms with Crippen LogP contribution in [0.15, 0.2) is 41.3 Å². The van der Waals surface area contributed by atoms with E-state index in [-0.39, 0.29) is 16.9 Å². The zero-order valence-corrected chi connectivity index (χ0v) is 11.8. The number of aromatic amines is 1. The van der Waals surface area contributed by atoms with Crippen LogP contribution >= 0.6 is 0 Å². The molecule has 2 aromatic rings. The molecule has 108 valence electrons. The Morgan fingerprint density at radius 3 is 2.95 bits per heavy atom. The maximum absolute atomic E-state index is 12.7. The Morgan fingerprint density at radius 1 is 1.33 bits per heavy atom. The van der Waals surface area contributed by atoms with Gasteiger partial charge in [-0.25, -0.2) is 0 Å². The average molecular weight is 284 g/mol. The van der Waals surface area contributed by atoms with E-state index in [2.05, 4.69) is 4.98 Å². The molecule has 2 heterocycles. The molecule has 21 heavy (non-hydrogen) atoms. The number of carbonyl (C=O) groups is 1. The van der Waals surface area contributed by atoms with Crippen molar-refractivity contribution in [2.75, 3.05) is 18.1 Å². The number of pyridine rings is 1. The fourth-order valence-electron chi connectivity index (χ4n) is 2.42. The second-order valence-corrected chi connectivity index (χ2v) is 5.02. The first-order valence-corrected chi connectivity index (χ1v) is 6.90. The zero-order valence-electron chi connectivity index (χ0n) is 11.8. The second-order valence-electron chi connectivity index (χ2n) is 5.02. The minimum Gasteiger partial charge on any atom is -0.491 e. The van der Waals surface area contributed by atoms with Crippen molar-refractivity contribution < 1.29 is 9.53 Å². The van der Waals surface area contributed by atoms with Gasteiger partial charge in [0.15, 0.2) is 5.43 Å². The lowest BCUT2D eigenvalue weighted by Crippen LogP contribution is -2.34. The van der Waals surface area contributed by atoms with Gasteiger partial charge < -0.3 is 14.6 Å². The third kappa shape index (κ3) is 2.54. The van der Waals surface area contributed by atoms with Gasteiger partial charge in [0.1, 0.15) is 11.3 Å². The van der Waals surface area contributed by atoms with E-state index in [0.717, 1.165) is 12.1 Å². The van der Waals surface area contributed by atoms with Gasteiger partial charge >= 0.3 is 0 Å². The molecule has 5 heteroatoms. The molecule has 0 bridgehead atoms. The van der Waals surface area contributed by atoms with Crippen LogP contribution in [0.3, 0.4) is 0 Å². The summed E-state index contributed by atoms with van der Waals surface area (Å²) in [5.74, 6) is 0.376. The van der Waals surface area contributed by atoms with E-state index < -0.39 is 0 Å². The van der Waals surface area contributed by atoms with Gasteiger partial charge in [0.25, 0.3) is 5.91 Å². The molecule has 0 unspecified atom stereocenters. The van der Waals surface area contributed by atoms with Crippen LogP contribution in [0.1, 0.15) is 22.5 Å². The van der Waals surface area contributed by atoms with Crippen molar-refractivity contribution in [3.05, 3.63) is 58.0 Å². The van der Waals surface area contributed by atoms with Crippen LogP contribution in [0, 0.1) is 6.92 Å². The van der Waals surface area contributed by atoms with E-state index in [1.807, 2.05) is 24.3 Å². The number of ether oxygens (including phenoxy) is 1. The Bertz CT molecular complexity index is 736. The lowest BCUT2D eigenvalue weighted by Gasteiger charge is -2.21. The largest absolute Gasteiger partial charge is 0.491 e. The van der Waals surface area contributed by atoms with Crippen molar-refractivity contribution in [1.82, 2.24) is 4.98 Å². The predicted molar refractivity (Wildman–Crippen MR) is 80.0 cm³/mol. The number of amides is 1. The first-order valence-electron chi connectivity index (χ1n) is 6.90. The summed E-state index contributed by atoms with van der Waals surface area (Å²) in [4.78, 5) is 29.3. The monoisotopic (exact) mass is 284 g/mol. The number of carbonyl (C=O) groups excluding carboxylic acids is 1. The Balaban J connectivity index is 2.03. The number of rotatable bonds is 1. The third-order valence-corrected chi connectivity index (χ3v) is 3.47. The molecule has 0 saturated carbocycles. The summed E-state index contributed by atoms with van der Waals surface area (Å²) in [7, 11) is 0. The van der Waals surface area contributed by atoms with Crippen LogP contribution in [-0.2, 0) is 0 Å². The maximum atomic E-state index is 12.7. The highest BCUT2D eigenvalue weighted by atomic mass is 16.5. The molecule has 1 amide bonds. The molecule has 1 aliphatic rings. The normalized spacial score (nSPS) is 14.0. The first kappa shape index (κ1) is 13.4. The Hall–Kier alpha value is -2.56. The smallest absolute Gasteiger partial charge is 0.263 e. The van der Waals surface area contributed by atoms with Gasteiger partial charge in [-0.2, -0.15) is 0 Å². The predicted octanol–water partition coefficient (Wildman–Crippen LogP) is 2.11. The number of benzene rings is 1. The maximum Gasteiger partial charge on any atom is 0.263 e. The number of para-hydroxylation sites is 2. The highest BCUT2D eigenvalue weighted by Gasteiger charge is 2.24. The molecule has 1 aliphatic heterocycles. The summed E-state index contributed by atoms with van der Waals surface area (Å²) in [6.07, 6.45) is 2.21. The van der Waals surface area contributed by atoms with Gasteiger partial charge in [0.2, 0.25) is 0 Å². The first-order chi connectivity index (χ1) is 10.2. The summed E-state index contributed by atoms with van der Waals surface area (Å²) in [6.45, 7) is 2.87. The summed E-state index contributed by atoms with van der Waals surface area (Å²) in [5.41, 5.74) is 1.33. The average Bonchev–Trinajstić information content (AvgIpc) is 2.69. The zero-order chi connectivity index (χ0) is 14.8. The van der Waals surface area contributed by atoms with Gasteiger partial charge in [-0.3, -0.25) is 9.59 Å². The van der Waals surface area contributed by atoms with Gasteiger partial charge in [-0.15, -0.1) is 0 Å². The van der Waals surface area contributed by atoms with E-state index in [1.54, 1.807) is 11.8 Å². The Morgan fingerprint density at radius 2 is 2.14 bits per heavy atom. The third-order valence-electron chi connectivity index (χ3n) is 3.47. The van der Waals surface area contributed by atoms with Crippen LogP contribution in [-0.4, -0.2) is 24.0 Å². The number of hydrogen-bond acceptors (Lipinski definition) is 3. The summed E-state index contributed by atoms with van der Waals surface area (Å²) in [6, 6.07) is 8.83. The van der Waals surface area contributed by atoms with E-state index in [4.69, 9.17) is 4.74 Å². The van der Waals surface area contributed by atoms with Gasteiger partial charge in [-0.05, 0) is 25.5 Å². The number of aryl methyl sites for hydroxylation is 1. The molecule has 0 fully saturated rings. The molecule has 0 spiro atoms. The fraction of sp³-hybridized carbons (Fsp3) is 0.250. The quantitative estimate of drug-likeness (QED) is 0.872. The second kappa shape index (κ2) is 5.44. The standard InChI is InChI=1S/C16H16N2O3/c1-11-9-14(19)12(10-17-11)16(20)18-7-4-8-21-15-6-3-2-5-13(15)18/h2-3,5-6,9-10H,4,7-8H2,1H3,(H,17,19). The highest BCUT2D eigenvalue weighted by molar-refractivity contribution is 6.06. The van der Waals surface area contributed by atoms with E-state index in [1.165, 1.54) is 12.3 Å². The van der Waals surface area contributed by atoms with Crippen molar-refractivity contribution in [3.8, 4) is 5.75 Å². The molecule has 1 aromatic heterocycles. The lowest BCUT2D eigenvalue weighted by atomic mass is 10.2. The fourth-order valence-corrected chi connectivity index (χ4v) is 2.42. The van der Waals surface area contributed by atoms with Crippen molar-refractivity contribution in [3.63, 3.8) is 0 Å². The van der Waals surface area contributed by atoms with Crippen LogP contribution in [0.25, 0.3) is 0 Å². The highest BCUT2D eigenvalue weighted by Crippen LogP contribution is 2.31. The van der Waals surface area contributed by atoms with Crippen molar-refractivity contribution in [2.24, 2.45) is 0 Å². The number of hydrogen-bond donors (Lipinski definition) is 1. The van der Waals surface area contributed by atoms with Crippen molar-refractivity contribution in [1.29, 1.82) is 0 Å². The summed E-state index contributed by atoms with van der Waals surface area (Å²) >= 11 is 0. The van der Waals surface area contributed by atoms with Crippen LogP contribution < -0.4 is 15.1 Å². The lowest BCUT2D eigenvalue weighted by molar-refractivity contribution is 0.0986. The summed E-state index contributed by atoms with van der Waals surface area (Å²) < 4.78 is 5.63. The number of aromatic nitrogens is 1. The molecule has 3 rings (SSSR count). The van der Waals surface area contributed by atoms with Crippen LogP contribution in [0.5, 0.6) is 5.75 Å². The molecule has 1 aromatic carbocycles. The Labute approximate surface area is 122 Å². The molecular formula is C16H16N2O3. The number of fused-ring (bicyclic) bond motifs is 1. The molecule has 0 saturated heterocycles. The van der Waals surface area contributed by atoms with Gasteiger partial charge in [0.05, 0.1) is 12.3 Å². The summed E-state index contributed by atoms with van der Waals surface area (Å²) in [5, 5.41) is 0. The van der Waals surface area contributed by atoms with E-state index in [9.17, 15) is 9.59 Å². The molecule has 0 aliphatic carbocycles. The van der Waals surface area contributed by atoms with Gasteiger partial charge in [0, 0.05) is 24.5 Å². The topological polar surface area (TPSA) is 62.4 Å². The number of nitrogens with zero attached hydrogens (tertiary/aromatic N) is 1. The van der Waals surface area contributed by atoms with Crippen LogP contribution in [0.2, 0.25) is 0 Å². The molecule has 1 N–H and O–H groups in total. The number of anilines is 1. The SMILES string of the molecule is Cc1cc(=O)c(C(=O)N2CCCOc3ccccc32)c[nH]1. The van der Waals surface area contributed by atoms with Crippen LogP contribution in [0.4, 0.5) is 5.69 Å². The minimum atomic E-state index is -0.297. The molecule has 0 radical (unpaired) electrons. The molecule has 5 nitrogen and oxygen atoms in total.